The number of aromatic nitrogens is 4. The fraction of sp³-hybridized carbons (Fsp3) is 0.389. The minimum absolute atomic E-state index is 0.0423. The van der Waals surface area contributed by atoms with E-state index in [0.717, 1.165) is 0 Å². The minimum atomic E-state index is -3.84. The number of rotatable bonds is 6. The number of ether oxygens (including phenoxy) is 2. The number of fused-ring (bicyclic) bond motifs is 1. The molecule has 11 nitrogen and oxygen atoms in total. The maximum atomic E-state index is 12.5. The predicted octanol–water partition coefficient (Wildman–Crippen LogP) is -0.259. The van der Waals surface area contributed by atoms with Gasteiger partial charge < -0.3 is 19.7 Å². The molecule has 0 aliphatic carbocycles. The van der Waals surface area contributed by atoms with Gasteiger partial charge in [0.15, 0.2) is 11.9 Å². The number of nitrogens with one attached hydrogen (secondary N) is 1. The number of aliphatic hydroxyl groups is 2. The first-order valence-corrected chi connectivity index (χ1v) is 10.6. The molecule has 1 saturated heterocycles. The van der Waals surface area contributed by atoms with Gasteiger partial charge in [-0.1, -0.05) is 0 Å². The van der Waals surface area contributed by atoms with Gasteiger partial charge in [-0.15, -0.1) is 0 Å². The molecule has 1 fully saturated rings. The fourth-order valence-corrected chi connectivity index (χ4v) is 4.36. The highest BCUT2D eigenvalue weighted by Crippen LogP contribution is 2.31. The zero-order valence-electron chi connectivity index (χ0n) is 16.2. The van der Waals surface area contributed by atoms with Crippen LogP contribution in [0, 0.1) is 6.92 Å². The van der Waals surface area contributed by atoms with Crippen molar-refractivity contribution in [2.24, 2.45) is 0 Å². The number of aliphatic hydroxyl groups excluding tert-OH is 2. The van der Waals surface area contributed by atoms with Gasteiger partial charge in [0.25, 0.3) is 0 Å². The third-order valence-corrected chi connectivity index (χ3v) is 6.44. The van der Waals surface area contributed by atoms with Crippen LogP contribution < -0.4 is 9.46 Å². The molecule has 4 atom stereocenters. The SMILES string of the molecule is COc1ccc(S(=O)(=O)NCC2OC(n3cnc4c(C)ncnc43)C(O)C2O)cc1. The Hall–Kier alpha value is -2.64. The zero-order valence-corrected chi connectivity index (χ0v) is 17.0. The van der Waals surface area contributed by atoms with Crippen molar-refractivity contribution in [3.63, 3.8) is 0 Å². The van der Waals surface area contributed by atoms with Gasteiger partial charge in [0.05, 0.1) is 24.0 Å². The molecule has 0 saturated carbocycles. The summed E-state index contributed by atoms with van der Waals surface area (Å²) in [5.74, 6) is 0.529. The molecule has 1 aromatic carbocycles. The number of nitrogens with zero attached hydrogens (tertiary/aromatic N) is 4. The molecular weight excluding hydrogens is 414 g/mol. The fourth-order valence-electron chi connectivity index (χ4n) is 3.31. The van der Waals surface area contributed by atoms with Gasteiger partial charge in [-0.2, -0.15) is 0 Å². The summed E-state index contributed by atoms with van der Waals surface area (Å²) in [5, 5.41) is 20.9. The van der Waals surface area contributed by atoms with Gasteiger partial charge in [0, 0.05) is 6.54 Å². The Morgan fingerprint density at radius 1 is 1.17 bits per heavy atom. The lowest BCUT2D eigenvalue weighted by Gasteiger charge is -2.16. The van der Waals surface area contributed by atoms with E-state index in [1.807, 2.05) is 0 Å². The number of aryl methyl sites for hydroxylation is 1. The molecule has 2 aromatic heterocycles. The first-order chi connectivity index (χ1) is 14.3. The molecule has 3 heterocycles. The van der Waals surface area contributed by atoms with Crippen LogP contribution in [0.1, 0.15) is 11.9 Å². The second-order valence-electron chi connectivity index (χ2n) is 6.86. The van der Waals surface area contributed by atoms with E-state index in [1.54, 1.807) is 6.92 Å². The second kappa shape index (κ2) is 7.89. The van der Waals surface area contributed by atoms with Gasteiger partial charge in [0.2, 0.25) is 10.0 Å². The standard InChI is InChI=1S/C18H21N5O6S/c1-10-14-17(20-8-19-10)23(9-21-14)18-16(25)15(24)13(29-18)7-22-30(26,27)12-5-3-11(28-2)4-6-12/h3-6,8-9,13,15-16,18,22,24-25H,7H2,1-2H3. The average Bonchev–Trinajstić information content (AvgIpc) is 3.29. The van der Waals surface area contributed by atoms with E-state index >= 15 is 0 Å². The lowest BCUT2D eigenvalue weighted by atomic mass is 10.1. The summed E-state index contributed by atoms with van der Waals surface area (Å²) in [6.07, 6.45) is -1.75. The Balaban J connectivity index is 1.50. The van der Waals surface area contributed by atoms with Crippen molar-refractivity contribution in [2.45, 2.75) is 36.4 Å². The number of methoxy groups -OCH3 is 1. The van der Waals surface area contributed by atoms with E-state index in [9.17, 15) is 18.6 Å². The monoisotopic (exact) mass is 435 g/mol. The first kappa shape index (κ1) is 20.6. The van der Waals surface area contributed by atoms with Crippen molar-refractivity contribution in [2.75, 3.05) is 13.7 Å². The second-order valence-corrected chi connectivity index (χ2v) is 8.62. The van der Waals surface area contributed by atoms with Crippen LogP contribution in [0.5, 0.6) is 5.75 Å². The maximum Gasteiger partial charge on any atom is 0.240 e. The third kappa shape index (κ3) is 3.63. The lowest BCUT2D eigenvalue weighted by molar-refractivity contribution is -0.0330. The lowest BCUT2D eigenvalue weighted by Crippen LogP contribution is -2.39. The molecule has 160 valence electrons. The summed E-state index contributed by atoms with van der Waals surface area (Å²) in [7, 11) is -2.36. The summed E-state index contributed by atoms with van der Waals surface area (Å²) >= 11 is 0. The zero-order chi connectivity index (χ0) is 21.5. The van der Waals surface area contributed by atoms with Crippen molar-refractivity contribution in [1.82, 2.24) is 24.2 Å². The van der Waals surface area contributed by atoms with Crippen LogP contribution in [-0.2, 0) is 14.8 Å². The van der Waals surface area contributed by atoms with Crippen LogP contribution in [0.3, 0.4) is 0 Å². The molecule has 4 rings (SSSR count). The van der Waals surface area contributed by atoms with Gasteiger partial charge in [-0.3, -0.25) is 4.57 Å². The summed E-state index contributed by atoms with van der Waals surface area (Å²) < 4.78 is 39.7. The van der Waals surface area contributed by atoms with Crippen LogP contribution in [0.25, 0.3) is 11.2 Å². The topological polar surface area (TPSA) is 149 Å². The Morgan fingerprint density at radius 3 is 2.60 bits per heavy atom. The molecular formula is C18H21N5O6S. The van der Waals surface area contributed by atoms with E-state index in [1.165, 1.54) is 48.6 Å². The molecule has 3 N–H and O–H groups in total. The highest BCUT2D eigenvalue weighted by atomic mass is 32.2. The van der Waals surface area contributed by atoms with Crippen LogP contribution in [0.2, 0.25) is 0 Å². The molecule has 1 aliphatic heterocycles. The van der Waals surface area contributed by atoms with Crippen molar-refractivity contribution < 1.29 is 28.1 Å². The quantitative estimate of drug-likeness (QED) is 0.476. The molecule has 30 heavy (non-hydrogen) atoms. The maximum absolute atomic E-state index is 12.5. The highest BCUT2D eigenvalue weighted by Gasteiger charge is 2.44. The van der Waals surface area contributed by atoms with E-state index in [2.05, 4.69) is 19.7 Å². The van der Waals surface area contributed by atoms with Crippen molar-refractivity contribution in [3.8, 4) is 5.75 Å². The number of benzene rings is 1. The van der Waals surface area contributed by atoms with E-state index < -0.39 is 34.6 Å². The molecule has 3 aromatic rings. The Bertz CT molecular complexity index is 1150. The molecule has 0 amide bonds. The van der Waals surface area contributed by atoms with E-state index in [-0.39, 0.29) is 11.4 Å². The number of hydrogen-bond acceptors (Lipinski definition) is 9. The van der Waals surface area contributed by atoms with Crippen molar-refractivity contribution in [3.05, 3.63) is 42.6 Å². The number of imidazole rings is 1. The molecule has 4 unspecified atom stereocenters. The average molecular weight is 435 g/mol. The van der Waals surface area contributed by atoms with Crippen LogP contribution >= 0.6 is 0 Å². The summed E-state index contributed by atoms with van der Waals surface area (Å²) in [6, 6.07) is 5.88. The van der Waals surface area contributed by atoms with Gasteiger partial charge >= 0.3 is 0 Å². The predicted molar refractivity (Wildman–Crippen MR) is 104 cm³/mol. The van der Waals surface area contributed by atoms with Crippen LogP contribution in [0.15, 0.2) is 41.8 Å². The smallest absolute Gasteiger partial charge is 0.240 e. The van der Waals surface area contributed by atoms with E-state index in [0.29, 0.717) is 22.6 Å². The Kier molecular flexibility index (Phi) is 5.42. The summed E-state index contributed by atoms with van der Waals surface area (Å²) in [4.78, 5) is 12.5. The molecule has 1 aliphatic rings. The molecule has 12 heteroatoms. The normalized spacial score (nSPS) is 24.4. The van der Waals surface area contributed by atoms with Crippen molar-refractivity contribution in [1.29, 1.82) is 0 Å². The van der Waals surface area contributed by atoms with Gasteiger partial charge in [0.1, 0.15) is 35.9 Å². The molecule has 0 spiro atoms. The molecule has 0 radical (unpaired) electrons. The third-order valence-electron chi connectivity index (χ3n) is 5.00. The summed E-state index contributed by atoms with van der Waals surface area (Å²) in [6.45, 7) is 1.54. The van der Waals surface area contributed by atoms with Crippen LogP contribution in [0.4, 0.5) is 0 Å². The highest BCUT2D eigenvalue weighted by molar-refractivity contribution is 7.89. The Labute approximate surface area is 172 Å². The van der Waals surface area contributed by atoms with Crippen LogP contribution in [-0.4, -0.2) is 70.1 Å². The number of hydrogen-bond donors (Lipinski definition) is 3. The number of sulfonamides is 1. The Morgan fingerprint density at radius 2 is 1.90 bits per heavy atom. The van der Waals surface area contributed by atoms with E-state index in [4.69, 9.17) is 9.47 Å². The minimum Gasteiger partial charge on any atom is -0.497 e. The first-order valence-electron chi connectivity index (χ1n) is 9.11. The molecule has 0 bridgehead atoms. The van der Waals surface area contributed by atoms with Gasteiger partial charge in [-0.05, 0) is 31.2 Å². The largest absolute Gasteiger partial charge is 0.497 e. The summed E-state index contributed by atoms with van der Waals surface area (Å²) in [5.41, 5.74) is 1.65. The van der Waals surface area contributed by atoms with Gasteiger partial charge in [-0.25, -0.2) is 28.1 Å². The van der Waals surface area contributed by atoms with Crippen molar-refractivity contribution >= 4 is 21.2 Å².